The number of anilines is 2. The third-order valence-electron chi connectivity index (χ3n) is 5.27. The van der Waals surface area contributed by atoms with Crippen LogP contribution in [-0.4, -0.2) is 61.2 Å². The van der Waals surface area contributed by atoms with Crippen molar-refractivity contribution in [2.75, 3.05) is 23.7 Å². The zero-order valence-corrected chi connectivity index (χ0v) is 18.5. The number of hydrogen-bond acceptors (Lipinski definition) is 9. The first-order chi connectivity index (χ1) is 15.9. The van der Waals surface area contributed by atoms with Crippen LogP contribution in [0.2, 0.25) is 0 Å². The van der Waals surface area contributed by atoms with Crippen LogP contribution in [0.1, 0.15) is 21.3 Å². The molecule has 4 heterocycles. The van der Waals surface area contributed by atoms with Crippen LogP contribution in [0, 0.1) is 13.8 Å². The molecule has 33 heavy (non-hydrogen) atoms. The summed E-state index contributed by atoms with van der Waals surface area (Å²) in [5.41, 5.74) is 1.20. The number of nitrogens with one attached hydrogen (secondary N) is 2. The van der Waals surface area contributed by atoms with Crippen LogP contribution in [0.25, 0.3) is 22.2 Å². The van der Waals surface area contributed by atoms with Gasteiger partial charge in [0.2, 0.25) is 11.7 Å². The van der Waals surface area contributed by atoms with Crippen molar-refractivity contribution in [3.05, 3.63) is 46.9 Å². The average Bonchev–Trinajstić information content (AvgIpc) is 3.35. The van der Waals surface area contributed by atoms with Crippen molar-refractivity contribution in [3.8, 4) is 11.4 Å². The van der Waals surface area contributed by atoms with Crippen LogP contribution in [0.5, 0.6) is 0 Å². The molecule has 0 saturated carbocycles. The van der Waals surface area contributed by atoms with Gasteiger partial charge in [0.25, 0.3) is 0 Å². The zero-order chi connectivity index (χ0) is 23.1. The third kappa shape index (κ3) is 4.07. The molecule has 1 saturated heterocycles. The average molecular weight is 465 g/mol. The predicted octanol–water partition coefficient (Wildman–Crippen LogP) is 3.38. The topological polar surface area (TPSA) is 146 Å². The fourth-order valence-corrected chi connectivity index (χ4v) is 4.38. The van der Waals surface area contributed by atoms with Gasteiger partial charge in [0.15, 0.2) is 5.13 Å². The van der Waals surface area contributed by atoms with E-state index in [1.807, 2.05) is 24.3 Å². The minimum absolute atomic E-state index is 0.0255. The van der Waals surface area contributed by atoms with Crippen LogP contribution in [0.15, 0.2) is 35.0 Å². The van der Waals surface area contributed by atoms with Crippen molar-refractivity contribution in [1.82, 2.24) is 25.0 Å². The van der Waals surface area contributed by atoms with E-state index >= 15 is 0 Å². The summed E-state index contributed by atoms with van der Waals surface area (Å²) in [6.45, 7) is 4.29. The van der Waals surface area contributed by atoms with E-state index < -0.39 is 5.97 Å². The predicted molar refractivity (Wildman–Crippen MR) is 122 cm³/mol. The number of carboxylic acids is 1. The number of aromatic carboxylic acids is 1. The van der Waals surface area contributed by atoms with Gasteiger partial charge in [-0.15, -0.1) is 0 Å². The SMILES string of the molecule is Cc1nc(-c2ccc3ccnc(NC4CN(C(=O)Nc5nc(C)c(C(=O)O)s5)C4)c3c2)no1. The molecule has 0 unspecified atom stereocenters. The molecule has 168 valence electrons. The highest BCUT2D eigenvalue weighted by atomic mass is 32.1. The number of urea groups is 1. The fourth-order valence-electron chi connectivity index (χ4n) is 3.59. The number of likely N-dealkylation sites (tertiary alicyclic amines) is 1. The van der Waals surface area contributed by atoms with Crippen molar-refractivity contribution in [3.63, 3.8) is 0 Å². The molecular formula is C21H19N7O4S. The van der Waals surface area contributed by atoms with Gasteiger partial charge in [-0.05, 0) is 24.4 Å². The lowest BCUT2D eigenvalue weighted by Gasteiger charge is -2.39. The van der Waals surface area contributed by atoms with Crippen LogP contribution in [-0.2, 0) is 0 Å². The molecule has 12 heteroatoms. The van der Waals surface area contributed by atoms with Gasteiger partial charge < -0.3 is 19.8 Å². The van der Waals surface area contributed by atoms with Gasteiger partial charge in [0.05, 0.1) is 11.7 Å². The number of thiazole rings is 1. The Labute approximate surface area is 191 Å². The summed E-state index contributed by atoms with van der Waals surface area (Å²) in [5.74, 6) is 0.661. The molecule has 1 aromatic carbocycles. The number of nitrogens with zero attached hydrogens (tertiary/aromatic N) is 5. The summed E-state index contributed by atoms with van der Waals surface area (Å²) in [6.07, 6.45) is 1.73. The number of aryl methyl sites for hydroxylation is 2. The molecule has 1 aliphatic rings. The number of carbonyl (C=O) groups excluding carboxylic acids is 1. The van der Waals surface area contributed by atoms with Crippen LogP contribution < -0.4 is 10.6 Å². The number of amides is 2. The number of carboxylic acid groups (broad SMARTS) is 1. The Balaban J connectivity index is 1.25. The quantitative estimate of drug-likeness (QED) is 0.403. The van der Waals surface area contributed by atoms with E-state index in [4.69, 9.17) is 9.63 Å². The lowest BCUT2D eigenvalue weighted by Crippen LogP contribution is -2.58. The second-order valence-electron chi connectivity index (χ2n) is 7.65. The fraction of sp³-hybridized carbons (Fsp3) is 0.238. The number of aromatic nitrogens is 4. The number of benzene rings is 1. The Morgan fingerprint density at radius 3 is 2.73 bits per heavy atom. The van der Waals surface area contributed by atoms with Gasteiger partial charge in [0.1, 0.15) is 10.7 Å². The maximum absolute atomic E-state index is 12.5. The highest BCUT2D eigenvalue weighted by Gasteiger charge is 2.32. The second-order valence-corrected chi connectivity index (χ2v) is 8.65. The van der Waals surface area contributed by atoms with E-state index in [1.54, 1.807) is 24.9 Å². The molecule has 0 atom stereocenters. The summed E-state index contributed by atoms with van der Waals surface area (Å²) in [4.78, 5) is 38.2. The molecule has 0 radical (unpaired) electrons. The highest BCUT2D eigenvalue weighted by molar-refractivity contribution is 7.17. The first kappa shape index (κ1) is 20.8. The Hall–Kier alpha value is -4.06. The van der Waals surface area contributed by atoms with Crippen molar-refractivity contribution in [2.45, 2.75) is 19.9 Å². The molecule has 1 fully saturated rings. The highest BCUT2D eigenvalue weighted by Crippen LogP contribution is 2.28. The summed E-state index contributed by atoms with van der Waals surface area (Å²) in [7, 11) is 0. The maximum Gasteiger partial charge on any atom is 0.347 e. The van der Waals surface area contributed by atoms with Gasteiger partial charge >= 0.3 is 12.0 Å². The first-order valence-corrected chi connectivity index (χ1v) is 10.9. The Morgan fingerprint density at radius 2 is 2.03 bits per heavy atom. The summed E-state index contributed by atoms with van der Waals surface area (Å²) >= 11 is 0.942. The molecule has 0 spiro atoms. The molecule has 2 amide bonds. The monoisotopic (exact) mass is 465 g/mol. The minimum Gasteiger partial charge on any atom is -0.477 e. The number of rotatable bonds is 5. The standard InChI is InChI=1S/C21H19N7O4S/c1-10-16(19(29)30)33-20(23-10)26-21(31)28-8-14(9-28)25-18-15-7-13(17-24-11(2)32-27-17)4-3-12(15)5-6-22-18/h3-7,14H,8-9H2,1-2H3,(H,22,25)(H,29,30)(H,23,26,31). The Bertz CT molecular complexity index is 1380. The number of carbonyl (C=O) groups is 2. The van der Waals surface area contributed by atoms with E-state index in [9.17, 15) is 9.59 Å². The van der Waals surface area contributed by atoms with E-state index in [-0.39, 0.29) is 22.1 Å². The Kier molecular flexibility index (Phi) is 5.13. The van der Waals surface area contributed by atoms with Crippen LogP contribution in [0.4, 0.5) is 15.7 Å². The molecule has 1 aliphatic heterocycles. The van der Waals surface area contributed by atoms with Gasteiger partial charge in [-0.1, -0.05) is 28.6 Å². The molecule has 3 aromatic heterocycles. The van der Waals surface area contributed by atoms with Crippen molar-refractivity contribution >= 4 is 45.1 Å². The van der Waals surface area contributed by atoms with E-state index in [1.165, 1.54) is 0 Å². The first-order valence-electron chi connectivity index (χ1n) is 10.1. The molecule has 4 aromatic rings. The summed E-state index contributed by atoms with van der Waals surface area (Å²) < 4.78 is 5.08. The molecule has 11 nitrogen and oxygen atoms in total. The normalized spacial score (nSPS) is 13.7. The molecule has 5 rings (SSSR count). The second kappa shape index (κ2) is 8.13. The van der Waals surface area contributed by atoms with Crippen LogP contribution in [0.3, 0.4) is 0 Å². The van der Waals surface area contributed by atoms with Gasteiger partial charge in [-0.3, -0.25) is 5.32 Å². The molecular weight excluding hydrogens is 446 g/mol. The summed E-state index contributed by atoms with van der Waals surface area (Å²) in [5, 5.41) is 21.4. The Morgan fingerprint density at radius 1 is 1.21 bits per heavy atom. The van der Waals surface area contributed by atoms with E-state index in [0.717, 1.165) is 27.7 Å². The molecule has 3 N–H and O–H groups in total. The third-order valence-corrected chi connectivity index (χ3v) is 6.33. The minimum atomic E-state index is -1.06. The number of fused-ring (bicyclic) bond motifs is 1. The van der Waals surface area contributed by atoms with E-state index in [0.29, 0.717) is 36.3 Å². The lowest BCUT2D eigenvalue weighted by atomic mass is 10.1. The largest absolute Gasteiger partial charge is 0.477 e. The summed E-state index contributed by atoms with van der Waals surface area (Å²) in [6, 6.07) is 7.50. The molecule has 0 bridgehead atoms. The smallest absolute Gasteiger partial charge is 0.347 e. The maximum atomic E-state index is 12.5. The van der Waals surface area contributed by atoms with Crippen LogP contribution >= 0.6 is 11.3 Å². The van der Waals surface area contributed by atoms with Gasteiger partial charge in [-0.25, -0.2) is 19.6 Å². The number of hydrogen-bond donors (Lipinski definition) is 3. The lowest BCUT2D eigenvalue weighted by molar-refractivity contribution is 0.0701. The van der Waals surface area contributed by atoms with Crippen molar-refractivity contribution < 1.29 is 19.2 Å². The van der Waals surface area contributed by atoms with Crippen molar-refractivity contribution in [2.24, 2.45) is 0 Å². The van der Waals surface area contributed by atoms with Gasteiger partial charge in [-0.2, -0.15) is 4.98 Å². The van der Waals surface area contributed by atoms with Gasteiger partial charge in [0, 0.05) is 37.2 Å². The van der Waals surface area contributed by atoms with E-state index in [2.05, 4.69) is 30.7 Å². The van der Waals surface area contributed by atoms with Crippen molar-refractivity contribution in [1.29, 1.82) is 0 Å². The molecule has 0 aliphatic carbocycles. The number of pyridine rings is 1. The zero-order valence-electron chi connectivity index (χ0n) is 17.7.